The maximum atomic E-state index is 9.05. The number of halogens is 1. The van der Waals surface area contributed by atoms with Gasteiger partial charge in [-0.15, -0.1) is 12.4 Å². The van der Waals surface area contributed by atoms with E-state index in [0.717, 1.165) is 6.54 Å². The van der Waals surface area contributed by atoms with E-state index in [0.29, 0.717) is 13.1 Å². The molecule has 2 fully saturated rings. The highest BCUT2D eigenvalue weighted by molar-refractivity contribution is 5.85. The van der Waals surface area contributed by atoms with Crippen LogP contribution in [0.5, 0.6) is 0 Å². The molecule has 0 amide bonds. The quantitative estimate of drug-likeness (QED) is 0.776. The Kier molecular flexibility index (Phi) is 6.66. The zero-order valence-electron chi connectivity index (χ0n) is 12.6. The Labute approximate surface area is 126 Å². The molecule has 0 aromatic heterocycles. The highest BCUT2D eigenvalue weighted by Crippen LogP contribution is 2.39. The summed E-state index contributed by atoms with van der Waals surface area (Å²) in [6, 6.07) is 0. The Bertz CT molecular complexity index is 304. The summed E-state index contributed by atoms with van der Waals surface area (Å²) in [6.07, 6.45) is -0.779. The first-order valence-electron chi connectivity index (χ1n) is 6.88. The molecule has 4 unspecified atom stereocenters. The molecular weight excluding hydrogens is 286 g/mol. The number of nitrogens with zero attached hydrogens (tertiary/aromatic N) is 1. The van der Waals surface area contributed by atoms with Gasteiger partial charge in [0.2, 0.25) is 0 Å². The minimum atomic E-state index is -0.595. The van der Waals surface area contributed by atoms with Gasteiger partial charge in [-0.3, -0.25) is 4.90 Å². The summed E-state index contributed by atoms with van der Waals surface area (Å²) < 4.78 is 22.9. The SMILES string of the molecule is CCN(CCO)CC1OC(OC)C2OC(C)(C)OC12.Cl. The molecule has 0 radical (unpaired) electrons. The molecule has 1 N–H and O–H groups in total. The van der Waals surface area contributed by atoms with Crippen molar-refractivity contribution in [3.05, 3.63) is 0 Å². The minimum Gasteiger partial charge on any atom is -0.395 e. The number of rotatable bonds is 6. The van der Waals surface area contributed by atoms with E-state index in [9.17, 15) is 0 Å². The van der Waals surface area contributed by atoms with Crippen LogP contribution < -0.4 is 0 Å². The zero-order valence-corrected chi connectivity index (χ0v) is 13.4. The Morgan fingerprint density at radius 1 is 1.25 bits per heavy atom. The predicted molar refractivity (Wildman–Crippen MR) is 75.9 cm³/mol. The van der Waals surface area contributed by atoms with E-state index in [1.807, 2.05) is 13.8 Å². The van der Waals surface area contributed by atoms with Crippen molar-refractivity contribution >= 4 is 12.4 Å². The molecule has 0 saturated carbocycles. The molecule has 4 atom stereocenters. The van der Waals surface area contributed by atoms with E-state index in [2.05, 4.69) is 11.8 Å². The third-order valence-corrected chi connectivity index (χ3v) is 3.64. The van der Waals surface area contributed by atoms with Crippen LogP contribution in [-0.2, 0) is 18.9 Å². The Balaban J connectivity index is 0.00000200. The van der Waals surface area contributed by atoms with Crippen molar-refractivity contribution in [3.8, 4) is 0 Å². The second kappa shape index (κ2) is 7.35. The van der Waals surface area contributed by atoms with Crippen LogP contribution in [0.1, 0.15) is 20.8 Å². The number of fused-ring (bicyclic) bond motifs is 1. The first-order valence-corrected chi connectivity index (χ1v) is 6.88. The van der Waals surface area contributed by atoms with Crippen LogP contribution in [-0.4, -0.2) is 73.7 Å². The van der Waals surface area contributed by atoms with Crippen LogP contribution in [0.25, 0.3) is 0 Å². The van der Waals surface area contributed by atoms with Crippen molar-refractivity contribution in [3.63, 3.8) is 0 Å². The summed E-state index contributed by atoms with van der Waals surface area (Å²) in [7, 11) is 1.62. The molecule has 2 aliphatic rings. The van der Waals surface area contributed by atoms with Crippen LogP contribution in [0.4, 0.5) is 0 Å². The first-order chi connectivity index (χ1) is 9.00. The van der Waals surface area contributed by atoms with E-state index in [4.69, 9.17) is 24.1 Å². The lowest BCUT2D eigenvalue weighted by molar-refractivity contribution is -0.228. The van der Waals surface area contributed by atoms with Gasteiger partial charge < -0.3 is 24.1 Å². The summed E-state index contributed by atoms with van der Waals surface area (Å²) in [6.45, 7) is 8.21. The number of methoxy groups -OCH3 is 1. The van der Waals surface area contributed by atoms with Gasteiger partial charge in [-0.2, -0.15) is 0 Å². The van der Waals surface area contributed by atoms with E-state index in [1.54, 1.807) is 7.11 Å². The standard InChI is InChI=1S/C13H25NO5.ClH/c1-5-14(6-7-15)8-9-10-11(12(16-4)17-9)19-13(2,3)18-10;/h9-12,15H,5-8H2,1-4H3;1H. The van der Waals surface area contributed by atoms with Gasteiger partial charge in [0, 0.05) is 20.2 Å². The molecule has 0 bridgehead atoms. The Morgan fingerprint density at radius 2 is 1.90 bits per heavy atom. The highest BCUT2D eigenvalue weighted by Gasteiger charge is 2.55. The average molecular weight is 312 g/mol. The van der Waals surface area contributed by atoms with E-state index >= 15 is 0 Å². The fourth-order valence-electron chi connectivity index (χ4n) is 2.75. The molecule has 0 aliphatic carbocycles. The lowest BCUT2D eigenvalue weighted by Gasteiger charge is -2.27. The summed E-state index contributed by atoms with van der Waals surface area (Å²) in [4.78, 5) is 2.13. The predicted octanol–water partition coefficient (Wildman–Crippen LogP) is 0.614. The van der Waals surface area contributed by atoms with E-state index < -0.39 is 5.79 Å². The monoisotopic (exact) mass is 311 g/mol. The molecule has 20 heavy (non-hydrogen) atoms. The summed E-state index contributed by atoms with van der Waals surface area (Å²) in [5, 5.41) is 9.05. The van der Waals surface area contributed by atoms with Crippen molar-refractivity contribution in [2.45, 2.75) is 51.2 Å². The molecule has 2 rings (SSSR count). The third-order valence-electron chi connectivity index (χ3n) is 3.64. The van der Waals surface area contributed by atoms with Crippen molar-refractivity contribution in [1.82, 2.24) is 4.90 Å². The lowest BCUT2D eigenvalue weighted by atomic mass is 10.1. The molecule has 7 heteroatoms. The fourth-order valence-corrected chi connectivity index (χ4v) is 2.75. The molecule has 0 aromatic rings. The van der Waals surface area contributed by atoms with Crippen molar-refractivity contribution in [1.29, 1.82) is 0 Å². The van der Waals surface area contributed by atoms with Crippen LogP contribution in [0.3, 0.4) is 0 Å². The van der Waals surface area contributed by atoms with Gasteiger partial charge >= 0.3 is 0 Å². The molecule has 120 valence electrons. The van der Waals surface area contributed by atoms with Crippen LogP contribution in [0.2, 0.25) is 0 Å². The fraction of sp³-hybridized carbons (Fsp3) is 1.00. The number of aliphatic hydroxyl groups is 1. The lowest BCUT2D eigenvalue weighted by Crippen LogP contribution is -2.41. The van der Waals surface area contributed by atoms with Gasteiger partial charge in [-0.25, -0.2) is 0 Å². The van der Waals surface area contributed by atoms with Gasteiger partial charge in [0.25, 0.3) is 0 Å². The Hall–Kier alpha value is 0.0500. The van der Waals surface area contributed by atoms with Gasteiger partial charge in [0.15, 0.2) is 12.1 Å². The minimum absolute atomic E-state index is 0. The molecule has 2 saturated heterocycles. The van der Waals surface area contributed by atoms with Gasteiger partial charge in [0.05, 0.1) is 6.61 Å². The maximum absolute atomic E-state index is 9.05. The molecule has 2 heterocycles. The number of likely N-dealkylation sites (N-methyl/N-ethyl adjacent to an activating group) is 1. The largest absolute Gasteiger partial charge is 0.395 e. The van der Waals surface area contributed by atoms with Crippen molar-refractivity contribution in [2.75, 3.05) is 33.4 Å². The van der Waals surface area contributed by atoms with Gasteiger partial charge in [0.1, 0.15) is 18.3 Å². The summed E-state index contributed by atoms with van der Waals surface area (Å²) in [5.74, 6) is -0.595. The molecular formula is C13H26ClNO5. The Morgan fingerprint density at radius 3 is 2.45 bits per heavy atom. The van der Waals surface area contributed by atoms with Crippen LogP contribution in [0, 0.1) is 0 Å². The number of hydrogen-bond acceptors (Lipinski definition) is 6. The van der Waals surface area contributed by atoms with E-state index in [-0.39, 0.29) is 43.6 Å². The molecule has 0 aromatic carbocycles. The zero-order chi connectivity index (χ0) is 14.0. The smallest absolute Gasteiger partial charge is 0.186 e. The van der Waals surface area contributed by atoms with Crippen molar-refractivity contribution < 1.29 is 24.1 Å². The molecule has 0 spiro atoms. The summed E-state index contributed by atoms with van der Waals surface area (Å²) in [5.41, 5.74) is 0. The van der Waals surface area contributed by atoms with Crippen LogP contribution in [0.15, 0.2) is 0 Å². The third kappa shape index (κ3) is 3.82. The van der Waals surface area contributed by atoms with Crippen molar-refractivity contribution in [2.24, 2.45) is 0 Å². The number of ether oxygens (including phenoxy) is 4. The molecule has 6 nitrogen and oxygen atoms in total. The first kappa shape index (κ1) is 18.1. The molecule has 2 aliphatic heterocycles. The second-order valence-electron chi connectivity index (χ2n) is 5.46. The van der Waals surface area contributed by atoms with Gasteiger partial charge in [-0.1, -0.05) is 6.92 Å². The topological polar surface area (TPSA) is 60.4 Å². The number of aliphatic hydroxyl groups excluding tert-OH is 1. The average Bonchev–Trinajstić information content (AvgIpc) is 2.83. The second-order valence-corrected chi connectivity index (χ2v) is 5.46. The number of hydrogen-bond donors (Lipinski definition) is 1. The normalized spacial score (nSPS) is 35.1. The maximum Gasteiger partial charge on any atom is 0.186 e. The summed E-state index contributed by atoms with van der Waals surface area (Å²) >= 11 is 0. The highest BCUT2D eigenvalue weighted by atomic mass is 35.5. The van der Waals surface area contributed by atoms with E-state index in [1.165, 1.54) is 0 Å². The van der Waals surface area contributed by atoms with Gasteiger partial charge in [-0.05, 0) is 20.4 Å². The van der Waals surface area contributed by atoms with Crippen LogP contribution >= 0.6 is 12.4 Å².